The lowest BCUT2D eigenvalue weighted by molar-refractivity contribution is -0.143. The summed E-state index contributed by atoms with van der Waals surface area (Å²) >= 11 is 2.90. The number of anilines is 1. The van der Waals surface area contributed by atoms with Gasteiger partial charge in [0.1, 0.15) is 17.7 Å². The average molecular weight is 306 g/mol. The summed E-state index contributed by atoms with van der Waals surface area (Å²) in [5, 5.41) is 0. The minimum atomic E-state index is -0.563. The third-order valence-corrected chi connectivity index (χ3v) is 3.40. The van der Waals surface area contributed by atoms with Gasteiger partial charge in [0.15, 0.2) is 0 Å². The molecule has 1 saturated heterocycles. The third-order valence-electron chi connectivity index (χ3n) is 2.79. The van der Waals surface area contributed by atoms with Gasteiger partial charge in [0, 0.05) is 12.6 Å². The van der Waals surface area contributed by atoms with Crippen LogP contribution >= 0.6 is 15.9 Å². The number of hydrogen-bond acceptors (Lipinski definition) is 3. The molecule has 0 amide bonds. The van der Waals surface area contributed by atoms with Crippen LogP contribution in [0, 0.1) is 11.6 Å². The maximum absolute atomic E-state index is 13.7. The standard InChI is InChI=1S/C11H10BrF2NO2/c1-17-11(16)9-2-3-15(9)10-5-7(13)6(12)4-8(10)14/h4-5,9H,2-3H2,1H3. The summed E-state index contributed by atoms with van der Waals surface area (Å²) in [5.74, 6) is -1.55. The van der Waals surface area contributed by atoms with E-state index in [1.807, 2.05) is 0 Å². The number of carbonyl (C=O) groups excluding carboxylic acids is 1. The summed E-state index contributed by atoms with van der Waals surface area (Å²) in [6, 6.07) is 1.61. The van der Waals surface area contributed by atoms with E-state index < -0.39 is 23.6 Å². The van der Waals surface area contributed by atoms with E-state index in [9.17, 15) is 13.6 Å². The summed E-state index contributed by atoms with van der Waals surface area (Å²) in [7, 11) is 1.28. The minimum Gasteiger partial charge on any atom is -0.467 e. The van der Waals surface area contributed by atoms with Crippen molar-refractivity contribution >= 4 is 27.6 Å². The zero-order valence-corrected chi connectivity index (χ0v) is 10.6. The molecule has 0 saturated carbocycles. The minimum absolute atomic E-state index is 0.0638. The van der Waals surface area contributed by atoms with Crippen molar-refractivity contribution in [3.8, 4) is 0 Å². The van der Waals surface area contributed by atoms with Gasteiger partial charge in [-0.25, -0.2) is 13.6 Å². The van der Waals surface area contributed by atoms with Crippen LogP contribution < -0.4 is 4.90 Å². The van der Waals surface area contributed by atoms with Crippen LogP contribution in [-0.2, 0) is 9.53 Å². The molecule has 92 valence electrons. The first kappa shape index (κ1) is 12.3. The molecule has 0 aliphatic carbocycles. The molecule has 1 aliphatic rings. The van der Waals surface area contributed by atoms with Gasteiger partial charge in [-0.2, -0.15) is 0 Å². The number of rotatable bonds is 2. The molecule has 0 bridgehead atoms. The predicted molar refractivity (Wildman–Crippen MR) is 61.8 cm³/mol. The Morgan fingerprint density at radius 2 is 2.18 bits per heavy atom. The first-order chi connectivity index (χ1) is 8.04. The first-order valence-corrected chi connectivity index (χ1v) is 5.83. The molecule has 6 heteroatoms. The molecule has 1 atom stereocenters. The molecule has 1 aliphatic heterocycles. The van der Waals surface area contributed by atoms with E-state index in [1.165, 1.54) is 12.0 Å². The number of halogens is 3. The predicted octanol–water partition coefficient (Wildman–Crippen LogP) is 2.48. The van der Waals surface area contributed by atoms with Crippen LogP contribution in [0.4, 0.5) is 14.5 Å². The van der Waals surface area contributed by atoms with Crippen LogP contribution in [0.15, 0.2) is 16.6 Å². The lowest BCUT2D eigenvalue weighted by atomic mass is 10.0. The van der Waals surface area contributed by atoms with Gasteiger partial charge in [0.05, 0.1) is 17.3 Å². The monoisotopic (exact) mass is 305 g/mol. The summed E-state index contributed by atoms with van der Waals surface area (Å²) in [6.07, 6.45) is 0.587. The number of nitrogens with zero attached hydrogens (tertiary/aromatic N) is 1. The highest BCUT2D eigenvalue weighted by Crippen LogP contribution is 2.32. The number of esters is 1. The van der Waals surface area contributed by atoms with Crippen molar-refractivity contribution in [1.29, 1.82) is 0 Å². The van der Waals surface area contributed by atoms with Gasteiger partial charge < -0.3 is 9.64 Å². The quantitative estimate of drug-likeness (QED) is 0.621. The van der Waals surface area contributed by atoms with Crippen LogP contribution in [0.2, 0.25) is 0 Å². The number of ether oxygens (including phenoxy) is 1. The molecule has 17 heavy (non-hydrogen) atoms. The fourth-order valence-electron chi connectivity index (χ4n) is 1.79. The molecule has 0 radical (unpaired) electrons. The van der Waals surface area contributed by atoms with Crippen LogP contribution in [-0.4, -0.2) is 25.7 Å². The van der Waals surface area contributed by atoms with Crippen LogP contribution in [0.25, 0.3) is 0 Å². The SMILES string of the molecule is COC(=O)C1CCN1c1cc(F)c(Br)cc1F. The highest BCUT2D eigenvalue weighted by atomic mass is 79.9. The second-order valence-electron chi connectivity index (χ2n) is 3.74. The summed E-state index contributed by atoms with van der Waals surface area (Å²) in [5.41, 5.74) is 0.0901. The maximum atomic E-state index is 13.7. The fraction of sp³-hybridized carbons (Fsp3) is 0.364. The highest BCUT2D eigenvalue weighted by molar-refractivity contribution is 9.10. The zero-order valence-electron chi connectivity index (χ0n) is 9.04. The summed E-state index contributed by atoms with van der Waals surface area (Å²) < 4.78 is 31.6. The number of benzene rings is 1. The molecule has 1 aromatic rings. The highest BCUT2D eigenvalue weighted by Gasteiger charge is 2.36. The van der Waals surface area contributed by atoms with Crippen molar-refractivity contribution in [2.24, 2.45) is 0 Å². The fourth-order valence-corrected chi connectivity index (χ4v) is 2.10. The van der Waals surface area contributed by atoms with E-state index in [4.69, 9.17) is 0 Å². The molecule has 2 rings (SSSR count). The Kier molecular flexibility index (Phi) is 3.33. The van der Waals surface area contributed by atoms with Crippen molar-refractivity contribution in [3.05, 3.63) is 28.2 Å². The number of carbonyl (C=O) groups is 1. The normalized spacial score (nSPS) is 18.8. The van der Waals surface area contributed by atoms with E-state index in [-0.39, 0.29) is 10.2 Å². The molecule has 0 spiro atoms. The smallest absolute Gasteiger partial charge is 0.328 e. The average Bonchev–Trinajstić information content (AvgIpc) is 2.24. The second-order valence-corrected chi connectivity index (χ2v) is 4.59. The van der Waals surface area contributed by atoms with E-state index in [1.54, 1.807) is 0 Å². The largest absolute Gasteiger partial charge is 0.467 e. The van der Waals surface area contributed by atoms with Crippen molar-refractivity contribution in [2.75, 3.05) is 18.6 Å². The molecular formula is C11H10BrF2NO2. The molecule has 3 nitrogen and oxygen atoms in total. The van der Waals surface area contributed by atoms with Crippen molar-refractivity contribution in [2.45, 2.75) is 12.5 Å². The van der Waals surface area contributed by atoms with Crippen LogP contribution in [0.1, 0.15) is 6.42 Å². The number of methoxy groups -OCH3 is 1. The Balaban J connectivity index is 2.29. The Bertz CT molecular complexity index is 467. The molecule has 1 fully saturated rings. The zero-order chi connectivity index (χ0) is 12.6. The van der Waals surface area contributed by atoms with Gasteiger partial charge in [-0.3, -0.25) is 0 Å². The van der Waals surface area contributed by atoms with E-state index in [0.717, 1.165) is 12.1 Å². The molecular weight excluding hydrogens is 296 g/mol. The van der Waals surface area contributed by atoms with Gasteiger partial charge in [0.2, 0.25) is 0 Å². The molecule has 0 N–H and O–H groups in total. The van der Waals surface area contributed by atoms with E-state index in [2.05, 4.69) is 20.7 Å². The summed E-state index contributed by atoms with van der Waals surface area (Å²) in [4.78, 5) is 12.8. The maximum Gasteiger partial charge on any atom is 0.328 e. The van der Waals surface area contributed by atoms with Gasteiger partial charge in [-0.05, 0) is 28.4 Å². The lowest BCUT2D eigenvalue weighted by Gasteiger charge is -2.40. The Labute approximate surface area is 105 Å². The molecule has 0 aromatic heterocycles. The summed E-state index contributed by atoms with van der Waals surface area (Å²) in [6.45, 7) is 0.512. The molecule has 1 aromatic carbocycles. The number of hydrogen-bond donors (Lipinski definition) is 0. The van der Waals surface area contributed by atoms with E-state index >= 15 is 0 Å². The third kappa shape index (κ3) is 2.13. The van der Waals surface area contributed by atoms with Gasteiger partial charge >= 0.3 is 5.97 Å². The second kappa shape index (κ2) is 4.60. The lowest BCUT2D eigenvalue weighted by Crippen LogP contribution is -2.53. The van der Waals surface area contributed by atoms with Gasteiger partial charge in [0.25, 0.3) is 0 Å². The Morgan fingerprint density at radius 1 is 1.47 bits per heavy atom. The Morgan fingerprint density at radius 3 is 2.71 bits per heavy atom. The van der Waals surface area contributed by atoms with E-state index in [0.29, 0.717) is 13.0 Å². The van der Waals surface area contributed by atoms with Gasteiger partial charge in [-0.15, -0.1) is 0 Å². The first-order valence-electron chi connectivity index (χ1n) is 5.03. The van der Waals surface area contributed by atoms with Gasteiger partial charge in [-0.1, -0.05) is 0 Å². The van der Waals surface area contributed by atoms with Crippen molar-refractivity contribution in [3.63, 3.8) is 0 Å². The van der Waals surface area contributed by atoms with Crippen molar-refractivity contribution in [1.82, 2.24) is 0 Å². The Hall–Kier alpha value is -1.17. The molecule has 1 heterocycles. The van der Waals surface area contributed by atoms with Crippen LogP contribution in [0.3, 0.4) is 0 Å². The molecule has 1 unspecified atom stereocenters. The van der Waals surface area contributed by atoms with Crippen LogP contribution in [0.5, 0.6) is 0 Å². The van der Waals surface area contributed by atoms with Crippen molar-refractivity contribution < 1.29 is 18.3 Å². The topological polar surface area (TPSA) is 29.5 Å².